The lowest BCUT2D eigenvalue weighted by Gasteiger charge is -2.34. The van der Waals surface area contributed by atoms with Crippen molar-refractivity contribution in [1.29, 1.82) is 0 Å². The summed E-state index contributed by atoms with van der Waals surface area (Å²) in [6.45, 7) is 0. The van der Waals surface area contributed by atoms with Crippen LogP contribution in [0.5, 0.6) is 0 Å². The zero-order chi connectivity index (χ0) is 46.2. The number of para-hydroxylation sites is 6. The first-order valence-electron chi connectivity index (χ1n) is 24.2. The molecule has 0 atom stereocenters. The molecule has 0 amide bonds. The highest BCUT2D eigenvalue weighted by atomic mass is 28.3. The van der Waals surface area contributed by atoms with Crippen LogP contribution in [0.2, 0.25) is 0 Å². The Labute approximate surface area is 407 Å². The van der Waals surface area contributed by atoms with Crippen molar-refractivity contribution in [2.75, 3.05) is 0 Å². The van der Waals surface area contributed by atoms with Gasteiger partial charge in [-0.3, -0.25) is 0 Å². The first-order valence-corrected chi connectivity index (χ1v) is 26.2. The molecule has 3 nitrogen and oxygen atoms in total. The van der Waals surface area contributed by atoms with Crippen LogP contribution in [-0.2, 0) is 0 Å². The quantitative estimate of drug-likeness (QED) is 0.107. The minimum atomic E-state index is -2.78. The second-order valence-electron chi connectivity index (χ2n) is 18.4. The number of aromatic nitrogens is 3. The smallest absolute Gasteiger partial charge is 0.179 e. The third-order valence-corrected chi connectivity index (χ3v) is 19.5. The molecule has 0 aliphatic carbocycles. The molecular weight excluding hydrogens is 863 g/mol. The fraction of sp³-hybridized carbons (Fsp3) is 0. The van der Waals surface area contributed by atoms with E-state index in [4.69, 9.17) is 0 Å². The monoisotopic (exact) mass is 907 g/mol. The van der Waals surface area contributed by atoms with Crippen molar-refractivity contribution in [2.24, 2.45) is 0 Å². The highest BCUT2D eigenvalue weighted by Gasteiger charge is 2.41. The minimum Gasteiger partial charge on any atom is -0.309 e. The van der Waals surface area contributed by atoms with Gasteiger partial charge in [-0.25, -0.2) is 0 Å². The molecule has 0 unspecified atom stereocenters. The fourth-order valence-corrected chi connectivity index (χ4v) is 16.7. The van der Waals surface area contributed by atoms with Crippen molar-refractivity contribution in [1.82, 2.24) is 13.7 Å². The van der Waals surface area contributed by atoms with Gasteiger partial charge in [-0.1, -0.05) is 212 Å². The maximum absolute atomic E-state index is 2.78. The van der Waals surface area contributed by atoms with Gasteiger partial charge in [0.05, 0.1) is 33.1 Å². The molecule has 0 spiro atoms. The molecule has 0 radical (unpaired) electrons. The Morgan fingerprint density at radius 3 is 1.10 bits per heavy atom. The van der Waals surface area contributed by atoms with Crippen LogP contribution in [-0.4, -0.2) is 21.8 Å². The molecule has 0 aliphatic rings. The Morgan fingerprint density at radius 2 is 0.571 bits per heavy atom. The number of hydrogen-bond donors (Lipinski definition) is 0. The summed E-state index contributed by atoms with van der Waals surface area (Å²) in [4.78, 5) is 0. The van der Waals surface area contributed by atoms with Gasteiger partial charge < -0.3 is 13.7 Å². The Morgan fingerprint density at radius 1 is 0.214 bits per heavy atom. The summed E-state index contributed by atoms with van der Waals surface area (Å²) >= 11 is 0. The summed E-state index contributed by atoms with van der Waals surface area (Å²) in [7, 11) is -2.78. The molecule has 14 rings (SSSR count). The Hall–Kier alpha value is -8.96. The van der Waals surface area contributed by atoms with Crippen LogP contribution >= 0.6 is 0 Å². The lowest BCUT2D eigenvalue weighted by Crippen LogP contribution is -2.74. The van der Waals surface area contributed by atoms with Gasteiger partial charge in [0.25, 0.3) is 0 Å². The van der Waals surface area contributed by atoms with Crippen molar-refractivity contribution in [3.05, 3.63) is 273 Å². The molecule has 3 heterocycles. The predicted octanol–water partition coefficient (Wildman–Crippen LogP) is 14.0. The van der Waals surface area contributed by atoms with Crippen molar-refractivity contribution in [3.63, 3.8) is 0 Å². The zero-order valence-corrected chi connectivity index (χ0v) is 39.3. The van der Waals surface area contributed by atoms with Crippen LogP contribution in [0.25, 0.3) is 93.6 Å². The lowest BCUT2D eigenvalue weighted by atomic mass is 9.99. The van der Waals surface area contributed by atoms with Crippen molar-refractivity contribution >= 4 is 94.2 Å². The fourth-order valence-electron chi connectivity index (χ4n) is 11.9. The van der Waals surface area contributed by atoms with Gasteiger partial charge in [0, 0.05) is 60.5 Å². The molecule has 0 saturated carbocycles. The van der Waals surface area contributed by atoms with E-state index >= 15 is 0 Å². The van der Waals surface area contributed by atoms with Crippen molar-refractivity contribution < 1.29 is 0 Å². The summed E-state index contributed by atoms with van der Waals surface area (Å²) in [6, 6.07) is 101. The molecule has 4 heteroatoms. The number of fused-ring (bicyclic) bond motifs is 9. The van der Waals surface area contributed by atoms with Crippen molar-refractivity contribution in [3.8, 4) is 28.2 Å². The number of rotatable bonds is 8. The van der Waals surface area contributed by atoms with Gasteiger partial charge in [0.15, 0.2) is 8.07 Å². The highest BCUT2D eigenvalue weighted by Crippen LogP contribution is 2.44. The first kappa shape index (κ1) is 40.1. The predicted molar refractivity (Wildman–Crippen MR) is 299 cm³/mol. The summed E-state index contributed by atoms with van der Waals surface area (Å²) in [5.41, 5.74) is 13.0. The Kier molecular flexibility index (Phi) is 9.23. The normalized spacial score (nSPS) is 12.0. The van der Waals surface area contributed by atoms with Gasteiger partial charge in [0.1, 0.15) is 0 Å². The van der Waals surface area contributed by atoms with Crippen LogP contribution in [0.1, 0.15) is 0 Å². The number of benzene rings is 11. The topological polar surface area (TPSA) is 14.8 Å². The maximum Gasteiger partial charge on any atom is 0.179 e. The molecule has 328 valence electrons. The third-order valence-electron chi connectivity index (χ3n) is 14.8. The van der Waals surface area contributed by atoms with E-state index in [1.54, 1.807) is 0 Å². The Balaban J connectivity index is 1.01. The lowest BCUT2D eigenvalue weighted by molar-refractivity contribution is 1.16. The van der Waals surface area contributed by atoms with E-state index in [1.807, 2.05) is 0 Å². The summed E-state index contributed by atoms with van der Waals surface area (Å²) < 4.78 is 7.45. The van der Waals surface area contributed by atoms with E-state index in [1.165, 1.54) is 97.3 Å². The molecule has 0 N–H and O–H groups in total. The van der Waals surface area contributed by atoms with E-state index in [-0.39, 0.29) is 0 Å². The largest absolute Gasteiger partial charge is 0.309 e. The average Bonchev–Trinajstić information content (AvgIpc) is 4.08. The van der Waals surface area contributed by atoms with E-state index < -0.39 is 8.07 Å². The van der Waals surface area contributed by atoms with E-state index in [2.05, 4.69) is 287 Å². The van der Waals surface area contributed by atoms with E-state index in [0.717, 1.165) is 17.1 Å². The van der Waals surface area contributed by atoms with Gasteiger partial charge >= 0.3 is 0 Å². The molecule has 0 aliphatic heterocycles. The third kappa shape index (κ3) is 5.94. The number of nitrogens with zero attached hydrogens (tertiary/aromatic N) is 3. The molecule has 70 heavy (non-hydrogen) atoms. The van der Waals surface area contributed by atoms with Crippen LogP contribution < -0.4 is 20.7 Å². The highest BCUT2D eigenvalue weighted by molar-refractivity contribution is 7.19. The molecule has 3 aromatic heterocycles. The SMILES string of the molecule is c1ccc(-n2c3ccccc3c3cccc(-c4cccc5c6ccccc6n(-c6ccc7c(c6)c6ccccc6n7-c6cccc([Si](c7ccccc7)(c7ccccc7)c7ccccc7)c6)c45)c32)cc1. The second-order valence-corrected chi connectivity index (χ2v) is 22.2. The van der Waals surface area contributed by atoms with Gasteiger partial charge in [-0.15, -0.1) is 0 Å². The summed E-state index contributed by atoms with van der Waals surface area (Å²) in [5, 5.41) is 12.8. The van der Waals surface area contributed by atoms with Gasteiger partial charge in [0.2, 0.25) is 0 Å². The second kappa shape index (κ2) is 16.1. The van der Waals surface area contributed by atoms with Crippen LogP contribution in [0.3, 0.4) is 0 Å². The van der Waals surface area contributed by atoms with Gasteiger partial charge in [-0.05, 0) is 81.4 Å². The molecule has 14 aromatic rings. The van der Waals surface area contributed by atoms with Crippen LogP contribution in [0.4, 0.5) is 0 Å². The molecular formula is C66H45N3Si. The van der Waals surface area contributed by atoms with E-state index in [0.29, 0.717) is 0 Å². The molecule has 0 fully saturated rings. The van der Waals surface area contributed by atoms with Gasteiger partial charge in [-0.2, -0.15) is 0 Å². The van der Waals surface area contributed by atoms with E-state index in [9.17, 15) is 0 Å². The standard InChI is InChI=1S/C66H45N3Si/c1-5-22-46(23-6-1)68-62-40-17-13-32-53(62)56-35-20-37-58(65(56)68)59-38-21-36-57-54-33-14-18-41-63(54)69(66(57)59)48-42-43-64-60(45-48)55-34-15-16-39-61(55)67(64)47-24-19-31-52(44-47)70(49-25-7-2-8-26-49,50-27-9-3-10-28-50)51-29-11-4-12-30-51/h1-45H. The molecule has 0 bridgehead atoms. The van der Waals surface area contributed by atoms with Crippen LogP contribution in [0, 0.1) is 0 Å². The minimum absolute atomic E-state index is 1.13. The molecule has 11 aromatic carbocycles. The summed E-state index contributed by atoms with van der Waals surface area (Å²) in [6.07, 6.45) is 0. The summed E-state index contributed by atoms with van der Waals surface area (Å²) in [5.74, 6) is 0. The maximum atomic E-state index is 2.51. The Bertz CT molecular complexity index is 4180. The van der Waals surface area contributed by atoms with Crippen LogP contribution in [0.15, 0.2) is 273 Å². The van der Waals surface area contributed by atoms with Crippen molar-refractivity contribution in [2.45, 2.75) is 0 Å². The number of hydrogen-bond acceptors (Lipinski definition) is 0. The molecule has 0 saturated heterocycles. The zero-order valence-electron chi connectivity index (χ0n) is 38.3. The first-order chi connectivity index (χ1) is 34.8. The average molecular weight is 908 g/mol.